The summed E-state index contributed by atoms with van der Waals surface area (Å²) in [6.07, 6.45) is 1.30. The lowest BCUT2D eigenvalue weighted by atomic mass is 10.2. The fraction of sp³-hybridized carbons (Fsp3) is 0.381. The van der Waals surface area contributed by atoms with Crippen LogP contribution in [0.4, 0.5) is 14.5 Å². The van der Waals surface area contributed by atoms with Crippen LogP contribution in [0.2, 0.25) is 0 Å². The van der Waals surface area contributed by atoms with Crippen molar-refractivity contribution in [3.05, 3.63) is 54.1 Å². The van der Waals surface area contributed by atoms with E-state index >= 15 is 0 Å². The smallest absolute Gasteiger partial charge is 0.217 e. The molecule has 1 atom stereocenters. The minimum absolute atomic E-state index is 0.346. The molecule has 0 aliphatic carbocycles. The third-order valence-electron chi connectivity index (χ3n) is 5.97. The number of rotatable bonds is 5. The van der Waals surface area contributed by atoms with E-state index in [0.29, 0.717) is 61.5 Å². The second kappa shape index (κ2) is 8.32. The molecule has 2 aliphatic rings. The second-order valence-corrected chi connectivity index (χ2v) is 7.93. The molecule has 0 radical (unpaired) electrons. The second-order valence-electron chi connectivity index (χ2n) is 7.93. The molecule has 3 N–H and O–H groups in total. The number of piperazine rings is 1. The molecule has 0 amide bonds. The van der Waals surface area contributed by atoms with Gasteiger partial charge < -0.3 is 14.2 Å². The van der Waals surface area contributed by atoms with Crippen LogP contribution < -0.4 is 10.6 Å². The number of halogens is 2. The molecule has 32 heavy (non-hydrogen) atoms. The highest BCUT2D eigenvalue weighted by Gasteiger charge is 2.31. The molecule has 5 rings (SSSR count). The Morgan fingerprint density at radius 1 is 1.12 bits per heavy atom. The van der Waals surface area contributed by atoms with Crippen molar-refractivity contribution < 1.29 is 13.2 Å². The van der Waals surface area contributed by atoms with E-state index in [9.17, 15) is 8.78 Å². The highest BCUT2D eigenvalue weighted by Crippen LogP contribution is 2.24. The number of fused-ring (bicyclic) bond motifs is 1. The summed E-state index contributed by atoms with van der Waals surface area (Å²) in [6, 6.07) is 7.24. The highest BCUT2D eigenvalue weighted by molar-refractivity contribution is 5.82. The Bertz CT molecular complexity index is 1110. The van der Waals surface area contributed by atoms with Gasteiger partial charge in [-0.3, -0.25) is 16.0 Å². The van der Waals surface area contributed by atoms with E-state index in [-0.39, 0.29) is 0 Å². The fourth-order valence-corrected chi connectivity index (χ4v) is 4.21. The van der Waals surface area contributed by atoms with E-state index in [1.807, 2.05) is 9.80 Å². The normalized spacial score (nSPS) is 19.5. The van der Waals surface area contributed by atoms with Crippen molar-refractivity contribution in [2.75, 3.05) is 44.2 Å². The van der Waals surface area contributed by atoms with E-state index in [0.717, 1.165) is 19.2 Å². The topological polar surface area (TPSA) is 103 Å². The Balaban J connectivity index is 1.19. The van der Waals surface area contributed by atoms with Crippen molar-refractivity contribution in [1.82, 2.24) is 24.6 Å². The molecule has 0 bridgehead atoms. The van der Waals surface area contributed by atoms with Gasteiger partial charge in [0.15, 0.2) is 12.0 Å². The zero-order valence-electron chi connectivity index (χ0n) is 17.4. The van der Waals surface area contributed by atoms with Gasteiger partial charge in [-0.05, 0) is 24.3 Å². The summed E-state index contributed by atoms with van der Waals surface area (Å²) in [6.45, 7) is 4.05. The molecule has 1 saturated heterocycles. The summed E-state index contributed by atoms with van der Waals surface area (Å²) >= 11 is 0. The van der Waals surface area contributed by atoms with Gasteiger partial charge in [-0.2, -0.15) is 0 Å². The SMILES string of the molecule is N=C1Cc2nc(-c3ccco3)nn2C(N)N1CCN1CCN(c2ccc(F)cc2F)CC1. The van der Waals surface area contributed by atoms with Crippen LogP contribution in [0, 0.1) is 17.0 Å². The molecule has 4 heterocycles. The average Bonchev–Trinajstić information content (AvgIpc) is 3.44. The van der Waals surface area contributed by atoms with Gasteiger partial charge >= 0.3 is 0 Å². The van der Waals surface area contributed by atoms with Crippen molar-refractivity contribution in [1.29, 1.82) is 5.41 Å². The summed E-state index contributed by atoms with van der Waals surface area (Å²) in [5.74, 6) is 0.947. The van der Waals surface area contributed by atoms with Crippen molar-refractivity contribution in [3.8, 4) is 11.6 Å². The van der Waals surface area contributed by atoms with Gasteiger partial charge in [-0.25, -0.2) is 18.4 Å². The number of hydrogen-bond donors (Lipinski definition) is 2. The van der Waals surface area contributed by atoms with E-state index in [1.54, 1.807) is 23.1 Å². The average molecular weight is 442 g/mol. The third kappa shape index (κ3) is 3.84. The lowest BCUT2D eigenvalue weighted by Gasteiger charge is -2.39. The van der Waals surface area contributed by atoms with Crippen LogP contribution in [0.5, 0.6) is 0 Å². The minimum atomic E-state index is -0.614. The number of anilines is 1. The maximum absolute atomic E-state index is 14.1. The first-order valence-electron chi connectivity index (χ1n) is 10.5. The van der Waals surface area contributed by atoms with Gasteiger partial charge in [0.1, 0.15) is 23.3 Å². The maximum Gasteiger partial charge on any atom is 0.217 e. The van der Waals surface area contributed by atoms with Gasteiger partial charge in [0.25, 0.3) is 0 Å². The molecule has 2 aromatic heterocycles. The zero-order chi connectivity index (χ0) is 22.2. The molecular formula is C21H24F2N8O. The number of nitrogens with one attached hydrogen (secondary N) is 1. The lowest BCUT2D eigenvalue weighted by Crippen LogP contribution is -2.53. The Labute approximate surface area is 183 Å². The number of benzene rings is 1. The summed E-state index contributed by atoms with van der Waals surface area (Å²) in [5, 5.41) is 12.9. The first-order valence-corrected chi connectivity index (χ1v) is 10.5. The quantitative estimate of drug-likeness (QED) is 0.622. The van der Waals surface area contributed by atoms with Gasteiger partial charge in [0.2, 0.25) is 5.82 Å². The summed E-state index contributed by atoms with van der Waals surface area (Å²) in [5.41, 5.74) is 6.83. The van der Waals surface area contributed by atoms with Crippen LogP contribution in [0.15, 0.2) is 41.0 Å². The highest BCUT2D eigenvalue weighted by atomic mass is 19.1. The zero-order valence-corrected chi connectivity index (χ0v) is 17.4. The Morgan fingerprint density at radius 2 is 1.94 bits per heavy atom. The van der Waals surface area contributed by atoms with E-state index in [4.69, 9.17) is 15.6 Å². The van der Waals surface area contributed by atoms with Gasteiger partial charge in [-0.15, -0.1) is 5.10 Å². The predicted molar refractivity (Wildman–Crippen MR) is 114 cm³/mol. The number of nitrogens with zero attached hydrogens (tertiary/aromatic N) is 6. The van der Waals surface area contributed by atoms with Crippen molar-refractivity contribution in [3.63, 3.8) is 0 Å². The molecule has 0 saturated carbocycles. The van der Waals surface area contributed by atoms with Gasteiger partial charge in [-0.1, -0.05) is 0 Å². The fourth-order valence-electron chi connectivity index (χ4n) is 4.21. The molecule has 0 spiro atoms. The molecule has 1 aromatic carbocycles. The van der Waals surface area contributed by atoms with Crippen LogP contribution in [0.25, 0.3) is 11.6 Å². The number of hydrogen-bond acceptors (Lipinski definition) is 7. The van der Waals surface area contributed by atoms with Crippen molar-refractivity contribution in [2.45, 2.75) is 12.7 Å². The molecule has 11 heteroatoms. The molecule has 2 aliphatic heterocycles. The van der Waals surface area contributed by atoms with Crippen LogP contribution in [-0.4, -0.2) is 69.7 Å². The molecule has 168 valence electrons. The predicted octanol–water partition coefficient (Wildman–Crippen LogP) is 1.89. The first kappa shape index (κ1) is 20.6. The van der Waals surface area contributed by atoms with E-state index in [1.165, 1.54) is 12.1 Å². The standard InChI is InChI=1S/C21H24F2N8O/c22-14-3-4-16(15(23)12-14)29-8-5-28(6-9-29)7-10-30-18(24)13-19-26-20(17-2-1-11-32-17)27-31(19)21(30)25/h1-4,11-12,21,24H,5-10,13,25H2. The van der Waals surface area contributed by atoms with Crippen LogP contribution in [0.3, 0.4) is 0 Å². The van der Waals surface area contributed by atoms with E-state index < -0.39 is 17.9 Å². The Kier molecular flexibility index (Phi) is 5.35. The Hall–Kier alpha value is -3.31. The maximum atomic E-state index is 14.1. The van der Waals surface area contributed by atoms with Crippen molar-refractivity contribution >= 4 is 11.5 Å². The summed E-state index contributed by atoms with van der Waals surface area (Å²) < 4.78 is 34.2. The summed E-state index contributed by atoms with van der Waals surface area (Å²) in [4.78, 5) is 10.5. The van der Waals surface area contributed by atoms with Crippen molar-refractivity contribution in [2.24, 2.45) is 5.73 Å². The first-order chi connectivity index (χ1) is 15.5. The number of amidine groups is 1. The number of aromatic nitrogens is 3. The molecule has 9 nitrogen and oxygen atoms in total. The van der Waals surface area contributed by atoms with E-state index in [2.05, 4.69) is 15.0 Å². The Morgan fingerprint density at radius 3 is 2.66 bits per heavy atom. The monoisotopic (exact) mass is 442 g/mol. The van der Waals surface area contributed by atoms with Crippen LogP contribution >= 0.6 is 0 Å². The molecule has 1 unspecified atom stereocenters. The van der Waals surface area contributed by atoms with Gasteiger partial charge in [0, 0.05) is 45.3 Å². The van der Waals surface area contributed by atoms with Gasteiger partial charge in [0.05, 0.1) is 18.4 Å². The molecular weight excluding hydrogens is 418 g/mol. The van der Waals surface area contributed by atoms with Crippen LogP contribution in [-0.2, 0) is 6.42 Å². The number of furan rings is 1. The summed E-state index contributed by atoms with van der Waals surface area (Å²) in [7, 11) is 0. The van der Waals surface area contributed by atoms with Crippen LogP contribution in [0.1, 0.15) is 12.1 Å². The minimum Gasteiger partial charge on any atom is -0.461 e. The molecule has 3 aromatic rings. The lowest BCUT2D eigenvalue weighted by molar-refractivity contribution is 0.164. The largest absolute Gasteiger partial charge is 0.461 e. The number of nitrogens with two attached hydrogens (primary N) is 1. The third-order valence-corrected chi connectivity index (χ3v) is 5.97. The molecule has 1 fully saturated rings.